The van der Waals surface area contributed by atoms with Gasteiger partial charge >= 0.3 is 0 Å². The number of carbonyl (C=O) groups excluding carboxylic acids is 1. The monoisotopic (exact) mass is 389 g/mol. The molecule has 27 heavy (non-hydrogen) atoms. The Hall–Kier alpha value is -2.12. The lowest BCUT2D eigenvalue weighted by molar-refractivity contribution is 0.102. The molecule has 2 atom stereocenters. The second kappa shape index (κ2) is 8.71. The number of amides is 1. The molecule has 146 valence electrons. The zero-order valence-electron chi connectivity index (χ0n) is 16.3. The first-order valence-corrected chi connectivity index (χ1v) is 10.1. The van der Waals surface area contributed by atoms with Crippen LogP contribution in [0.1, 0.15) is 36.3 Å². The topological polar surface area (TPSA) is 63.7 Å². The van der Waals surface area contributed by atoms with Crippen LogP contribution in [0.5, 0.6) is 11.5 Å². The molecule has 1 aromatic heterocycles. The minimum Gasteiger partial charge on any atom is -0.497 e. The molecule has 2 aromatic rings. The zero-order valence-corrected chi connectivity index (χ0v) is 17.1. The number of nitrogens with zero attached hydrogens (tertiary/aromatic N) is 2. The number of piperidine rings is 1. The normalized spacial score (nSPS) is 20.3. The van der Waals surface area contributed by atoms with Crippen molar-refractivity contribution in [3.8, 4) is 11.5 Å². The Balaban J connectivity index is 1.64. The van der Waals surface area contributed by atoms with Crippen LogP contribution in [0.4, 0.5) is 5.13 Å². The van der Waals surface area contributed by atoms with E-state index in [1.165, 1.54) is 17.8 Å². The second-order valence-corrected chi connectivity index (χ2v) is 8.20. The van der Waals surface area contributed by atoms with E-state index >= 15 is 0 Å². The van der Waals surface area contributed by atoms with E-state index in [0.29, 0.717) is 22.2 Å². The van der Waals surface area contributed by atoms with Gasteiger partial charge in [0.2, 0.25) is 0 Å². The predicted molar refractivity (Wildman–Crippen MR) is 108 cm³/mol. The molecule has 3 rings (SSSR count). The summed E-state index contributed by atoms with van der Waals surface area (Å²) in [5.41, 5.74) is 1.47. The third kappa shape index (κ3) is 5.20. The highest BCUT2D eigenvalue weighted by Gasteiger charge is 2.22. The zero-order chi connectivity index (χ0) is 19.4. The molecule has 7 heteroatoms. The van der Waals surface area contributed by atoms with Crippen LogP contribution in [0.15, 0.2) is 23.6 Å². The summed E-state index contributed by atoms with van der Waals surface area (Å²) in [6.45, 7) is 7.64. The highest BCUT2D eigenvalue weighted by atomic mass is 32.1. The van der Waals surface area contributed by atoms with Gasteiger partial charge in [0.05, 0.1) is 19.9 Å². The van der Waals surface area contributed by atoms with Gasteiger partial charge in [0.25, 0.3) is 5.91 Å². The summed E-state index contributed by atoms with van der Waals surface area (Å²) in [6.07, 6.45) is 1.29. The van der Waals surface area contributed by atoms with E-state index in [0.717, 1.165) is 37.2 Å². The number of likely N-dealkylation sites (tertiary alicyclic amines) is 1. The van der Waals surface area contributed by atoms with Crippen LogP contribution in [-0.4, -0.2) is 43.1 Å². The number of ether oxygens (including phenoxy) is 2. The minimum atomic E-state index is -0.228. The first kappa shape index (κ1) is 19.6. The summed E-state index contributed by atoms with van der Waals surface area (Å²) in [4.78, 5) is 19.6. The highest BCUT2D eigenvalue weighted by molar-refractivity contribution is 7.13. The van der Waals surface area contributed by atoms with Crippen molar-refractivity contribution in [1.82, 2.24) is 9.88 Å². The number of nitrogens with one attached hydrogen (secondary N) is 1. The molecule has 0 saturated carbocycles. The van der Waals surface area contributed by atoms with E-state index in [1.807, 2.05) is 5.38 Å². The van der Waals surface area contributed by atoms with E-state index < -0.39 is 0 Å². The average molecular weight is 390 g/mol. The van der Waals surface area contributed by atoms with Gasteiger partial charge < -0.3 is 9.47 Å². The highest BCUT2D eigenvalue weighted by Crippen LogP contribution is 2.26. The van der Waals surface area contributed by atoms with Crippen LogP contribution in [-0.2, 0) is 6.54 Å². The molecule has 1 amide bonds. The number of anilines is 1. The number of hydrogen-bond acceptors (Lipinski definition) is 6. The summed E-state index contributed by atoms with van der Waals surface area (Å²) >= 11 is 1.45. The molecule has 2 heterocycles. The summed E-state index contributed by atoms with van der Waals surface area (Å²) in [7, 11) is 3.12. The molecular weight excluding hydrogens is 362 g/mol. The van der Waals surface area contributed by atoms with Gasteiger partial charge in [0.15, 0.2) is 5.13 Å². The fourth-order valence-corrected chi connectivity index (χ4v) is 4.39. The number of aromatic nitrogens is 1. The Morgan fingerprint density at radius 1 is 1.19 bits per heavy atom. The van der Waals surface area contributed by atoms with Crippen LogP contribution < -0.4 is 14.8 Å². The molecule has 1 N–H and O–H groups in total. The molecule has 0 spiro atoms. The van der Waals surface area contributed by atoms with Gasteiger partial charge in [-0.2, -0.15) is 0 Å². The van der Waals surface area contributed by atoms with Gasteiger partial charge in [-0.1, -0.05) is 13.8 Å². The van der Waals surface area contributed by atoms with Gasteiger partial charge in [-0.25, -0.2) is 4.98 Å². The van der Waals surface area contributed by atoms with Crippen LogP contribution in [0.2, 0.25) is 0 Å². The average Bonchev–Trinajstić information content (AvgIpc) is 3.07. The summed E-state index contributed by atoms with van der Waals surface area (Å²) in [5, 5.41) is 5.50. The molecule has 0 unspecified atom stereocenters. The molecular formula is C20H27N3O3S. The first-order chi connectivity index (χ1) is 13.0. The summed E-state index contributed by atoms with van der Waals surface area (Å²) in [6, 6.07) is 5.10. The molecule has 1 saturated heterocycles. The van der Waals surface area contributed by atoms with Crippen molar-refractivity contribution in [3.63, 3.8) is 0 Å². The van der Waals surface area contributed by atoms with Crippen LogP contribution >= 0.6 is 11.3 Å². The molecule has 1 aliphatic rings. The van der Waals surface area contributed by atoms with Gasteiger partial charge in [-0.3, -0.25) is 15.0 Å². The Bertz CT molecular complexity index is 760. The predicted octanol–water partition coefficient (Wildman–Crippen LogP) is 3.89. The van der Waals surface area contributed by atoms with Crippen molar-refractivity contribution in [3.05, 3.63) is 34.8 Å². The fraction of sp³-hybridized carbons (Fsp3) is 0.500. The fourth-order valence-electron chi connectivity index (χ4n) is 3.70. The minimum absolute atomic E-state index is 0.228. The lowest BCUT2D eigenvalue weighted by Crippen LogP contribution is -2.38. The van der Waals surface area contributed by atoms with Crippen molar-refractivity contribution >= 4 is 22.4 Å². The third-order valence-corrected chi connectivity index (χ3v) is 5.52. The second-order valence-electron chi connectivity index (χ2n) is 7.34. The van der Waals surface area contributed by atoms with E-state index in [2.05, 4.69) is 29.0 Å². The number of thiazole rings is 1. The number of rotatable bonds is 6. The lowest BCUT2D eigenvalue weighted by Gasteiger charge is -2.34. The van der Waals surface area contributed by atoms with E-state index in [4.69, 9.17) is 9.47 Å². The molecule has 0 bridgehead atoms. The van der Waals surface area contributed by atoms with Crippen molar-refractivity contribution < 1.29 is 14.3 Å². The van der Waals surface area contributed by atoms with Gasteiger partial charge in [0.1, 0.15) is 11.5 Å². The van der Waals surface area contributed by atoms with Gasteiger partial charge in [-0.05, 0) is 30.4 Å². The number of hydrogen-bond donors (Lipinski definition) is 1. The van der Waals surface area contributed by atoms with E-state index in [9.17, 15) is 4.79 Å². The Labute approximate surface area is 164 Å². The van der Waals surface area contributed by atoms with E-state index in [1.54, 1.807) is 32.4 Å². The number of benzene rings is 1. The molecule has 0 radical (unpaired) electrons. The van der Waals surface area contributed by atoms with Crippen molar-refractivity contribution in [2.75, 3.05) is 32.6 Å². The van der Waals surface area contributed by atoms with Gasteiger partial charge in [-0.15, -0.1) is 11.3 Å². The molecule has 6 nitrogen and oxygen atoms in total. The quantitative estimate of drug-likeness (QED) is 0.812. The maximum atomic E-state index is 12.6. The molecule has 1 fully saturated rings. The molecule has 0 aliphatic carbocycles. The van der Waals surface area contributed by atoms with Crippen molar-refractivity contribution in [2.24, 2.45) is 11.8 Å². The van der Waals surface area contributed by atoms with Gasteiger partial charge in [0, 0.05) is 36.6 Å². The van der Waals surface area contributed by atoms with Crippen molar-refractivity contribution in [1.29, 1.82) is 0 Å². The molecule has 1 aliphatic heterocycles. The number of carbonyl (C=O) groups is 1. The van der Waals surface area contributed by atoms with Crippen LogP contribution in [0, 0.1) is 11.8 Å². The largest absolute Gasteiger partial charge is 0.497 e. The smallest absolute Gasteiger partial charge is 0.257 e. The summed E-state index contributed by atoms with van der Waals surface area (Å²) in [5.74, 6) is 2.36. The maximum Gasteiger partial charge on any atom is 0.257 e. The Morgan fingerprint density at radius 2 is 1.81 bits per heavy atom. The maximum absolute atomic E-state index is 12.6. The Morgan fingerprint density at radius 3 is 2.41 bits per heavy atom. The Kier molecular flexibility index (Phi) is 6.34. The van der Waals surface area contributed by atoms with Crippen LogP contribution in [0.25, 0.3) is 0 Å². The summed E-state index contributed by atoms with van der Waals surface area (Å²) < 4.78 is 10.5. The third-order valence-electron chi connectivity index (χ3n) is 4.72. The SMILES string of the molecule is COc1cc(OC)cc(C(=O)Nc2nc(CN3C[C@H](C)C[C@H](C)C3)cs2)c1. The number of methoxy groups -OCH3 is 2. The first-order valence-electron chi connectivity index (χ1n) is 9.18. The molecule has 1 aromatic carbocycles. The van der Waals surface area contributed by atoms with Crippen molar-refractivity contribution in [2.45, 2.75) is 26.8 Å². The standard InChI is InChI=1S/C20H27N3O3S/c1-13-5-14(2)10-23(9-13)11-16-12-27-20(21-16)22-19(24)15-6-17(25-3)8-18(7-15)26-4/h6-8,12-14H,5,9-11H2,1-4H3,(H,21,22,24)/t13-,14+. The lowest BCUT2D eigenvalue weighted by atomic mass is 9.92. The van der Waals surface area contributed by atoms with Crippen LogP contribution in [0.3, 0.4) is 0 Å². The van der Waals surface area contributed by atoms with E-state index in [-0.39, 0.29) is 5.91 Å².